The molecule has 0 fully saturated rings. The van der Waals surface area contributed by atoms with Crippen molar-refractivity contribution in [3.8, 4) is 11.4 Å². The Morgan fingerprint density at radius 1 is 0.929 bits per heavy atom. The van der Waals surface area contributed by atoms with Crippen LogP contribution < -0.4 is 15.9 Å². The first-order chi connectivity index (χ1) is 13.5. The lowest BCUT2D eigenvalue weighted by Gasteiger charge is -2.11. The van der Waals surface area contributed by atoms with Gasteiger partial charge in [-0.15, -0.1) is 5.10 Å². The first-order valence-corrected chi connectivity index (χ1v) is 8.60. The molecular formula is C18H19N7O3. The van der Waals surface area contributed by atoms with Gasteiger partial charge in [0.2, 0.25) is 0 Å². The molecule has 10 nitrogen and oxygen atoms in total. The summed E-state index contributed by atoms with van der Waals surface area (Å²) in [5, 5.41) is 19.2. The smallest absolute Gasteiger partial charge is 0.268 e. The highest BCUT2D eigenvalue weighted by Gasteiger charge is 2.30. The third-order valence-electron chi connectivity index (χ3n) is 4.75. The summed E-state index contributed by atoms with van der Waals surface area (Å²) in [6.45, 7) is 3.54. The molecule has 0 amide bonds. The van der Waals surface area contributed by atoms with E-state index in [0.717, 1.165) is 11.4 Å². The number of methoxy groups -OCH3 is 1. The first-order valence-electron chi connectivity index (χ1n) is 8.60. The van der Waals surface area contributed by atoms with Crippen molar-refractivity contribution in [2.24, 2.45) is 0 Å². The van der Waals surface area contributed by atoms with Crippen molar-refractivity contribution in [3.05, 3.63) is 79.4 Å². The summed E-state index contributed by atoms with van der Waals surface area (Å²) >= 11 is 0. The Morgan fingerprint density at radius 3 is 1.96 bits per heavy atom. The minimum Gasteiger partial charge on any atom is -0.497 e. The second-order valence-corrected chi connectivity index (χ2v) is 6.45. The third kappa shape index (κ3) is 2.84. The summed E-state index contributed by atoms with van der Waals surface area (Å²) in [5.41, 5.74) is 2.77. The average Bonchev–Trinajstić information content (AvgIpc) is 3.39. The monoisotopic (exact) mass is 381 g/mol. The van der Waals surface area contributed by atoms with Gasteiger partial charge in [-0.2, -0.15) is 0 Å². The summed E-state index contributed by atoms with van der Waals surface area (Å²) in [4.78, 5) is 24.9. The van der Waals surface area contributed by atoms with Gasteiger partial charge in [0.15, 0.2) is 0 Å². The molecule has 4 rings (SSSR count). The fraction of sp³-hybridized carbons (Fsp3) is 0.222. The molecule has 3 heterocycles. The summed E-state index contributed by atoms with van der Waals surface area (Å²) in [6, 6.07) is 7.32. The van der Waals surface area contributed by atoms with Crippen LogP contribution >= 0.6 is 0 Å². The van der Waals surface area contributed by atoms with Gasteiger partial charge in [0.1, 0.15) is 5.75 Å². The SMILES string of the molecule is COc1ccc(-n2cc(C(c3c(C)[nH][nH]c3=O)c3c(C)[nH][nH]c3=O)nn2)cc1. The minimum atomic E-state index is -0.669. The van der Waals surface area contributed by atoms with Crippen LogP contribution in [0.4, 0.5) is 0 Å². The zero-order valence-corrected chi connectivity index (χ0v) is 15.5. The molecule has 3 aromatic heterocycles. The van der Waals surface area contributed by atoms with E-state index in [0.29, 0.717) is 28.2 Å². The fourth-order valence-corrected chi connectivity index (χ4v) is 3.32. The predicted octanol–water partition coefficient (Wildman–Crippen LogP) is 1.11. The number of hydrogen-bond donors (Lipinski definition) is 4. The van der Waals surface area contributed by atoms with Crippen molar-refractivity contribution in [3.63, 3.8) is 0 Å². The van der Waals surface area contributed by atoms with E-state index < -0.39 is 5.92 Å². The number of nitrogens with one attached hydrogen (secondary N) is 4. The van der Waals surface area contributed by atoms with Crippen LogP contribution in [0.3, 0.4) is 0 Å². The number of rotatable bonds is 5. The number of aromatic amines is 4. The number of ether oxygens (including phenoxy) is 1. The largest absolute Gasteiger partial charge is 0.497 e. The Kier molecular flexibility index (Phi) is 4.22. The zero-order chi connectivity index (χ0) is 19.8. The highest BCUT2D eigenvalue weighted by atomic mass is 16.5. The summed E-state index contributed by atoms with van der Waals surface area (Å²) in [6.07, 6.45) is 1.71. The highest BCUT2D eigenvalue weighted by Crippen LogP contribution is 2.29. The van der Waals surface area contributed by atoms with E-state index in [9.17, 15) is 9.59 Å². The van der Waals surface area contributed by atoms with E-state index in [1.54, 1.807) is 31.8 Å². The molecule has 0 spiro atoms. The second-order valence-electron chi connectivity index (χ2n) is 6.45. The maximum atomic E-state index is 12.4. The van der Waals surface area contributed by atoms with Gasteiger partial charge in [-0.1, -0.05) is 5.21 Å². The maximum absolute atomic E-state index is 12.4. The van der Waals surface area contributed by atoms with Crippen LogP contribution in [-0.2, 0) is 0 Å². The lowest BCUT2D eigenvalue weighted by Crippen LogP contribution is -2.20. The molecule has 4 N–H and O–H groups in total. The molecule has 0 aliphatic heterocycles. The van der Waals surface area contributed by atoms with Crippen LogP contribution in [0.25, 0.3) is 5.69 Å². The van der Waals surface area contributed by atoms with Gasteiger partial charge in [0.25, 0.3) is 11.1 Å². The second kappa shape index (κ2) is 6.72. The molecule has 0 radical (unpaired) electrons. The highest BCUT2D eigenvalue weighted by molar-refractivity contribution is 5.43. The minimum absolute atomic E-state index is 0.304. The van der Waals surface area contributed by atoms with Gasteiger partial charge in [-0.3, -0.25) is 19.8 Å². The molecular weight excluding hydrogens is 362 g/mol. The molecule has 144 valence electrons. The molecule has 0 bridgehead atoms. The molecule has 0 unspecified atom stereocenters. The molecule has 4 aromatic rings. The number of benzene rings is 1. The lowest BCUT2D eigenvalue weighted by molar-refractivity contribution is 0.414. The van der Waals surface area contributed by atoms with E-state index in [4.69, 9.17) is 4.74 Å². The predicted molar refractivity (Wildman–Crippen MR) is 101 cm³/mol. The van der Waals surface area contributed by atoms with E-state index in [1.165, 1.54) is 0 Å². The Balaban J connectivity index is 1.85. The van der Waals surface area contributed by atoms with Crippen LogP contribution in [0.2, 0.25) is 0 Å². The Labute approximate surface area is 158 Å². The molecule has 28 heavy (non-hydrogen) atoms. The average molecular weight is 381 g/mol. The molecule has 0 saturated carbocycles. The third-order valence-corrected chi connectivity index (χ3v) is 4.75. The molecule has 0 saturated heterocycles. The van der Waals surface area contributed by atoms with Crippen LogP contribution in [-0.4, -0.2) is 42.5 Å². The number of aromatic nitrogens is 7. The van der Waals surface area contributed by atoms with E-state index in [1.807, 2.05) is 24.3 Å². The van der Waals surface area contributed by atoms with Crippen molar-refractivity contribution in [1.82, 2.24) is 35.4 Å². The van der Waals surface area contributed by atoms with Gasteiger partial charge in [0.05, 0.1) is 41.7 Å². The molecule has 1 aromatic carbocycles. The zero-order valence-electron chi connectivity index (χ0n) is 15.5. The van der Waals surface area contributed by atoms with Crippen LogP contribution in [0.1, 0.15) is 34.1 Å². The summed E-state index contributed by atoms with van der Waals surface area (Å²) < 4.78 is 6.76. The van der Waals surface area contributed by atoms with Gasteiger partial charge in [-0.05, 0) is 38.1 Å². The standard InChI is InChI=1S/C18H19N7O3/c1-9-14(17(26)22-19-9)16(15-10(2)20-23-18(15)27)13-8-25(24-21-13)11-4-6-12(28-3)7-5-11/h4-8,16H,1-3H3,(H2,19,22,26)(H2,20,23,27). The van der Waals surface area contributed by atoms with Gasteiger partial charge >= 0.3 is 0 Å². The van der Waals surface area contributed by atoms with Crippen LogP contribution in [0.15, 0.2) is 40.1 Å². The van der Waals surface area contributed by atoms with Crippen molar-refractivity contribution in [2.75, 3.05) is 7.11 Å². The number of hydrogen-bond acceptors (Lipinski definition) is 5. The van der Waals surface area contributed by atoms with Crippen LogP contribution in [0.5, 0.6) is 5.75 Å². The Bertz CT molecular complexity index is 1170. The van der Waals surface area contributed by atoms with Gasteiger partial charge in [-0.25, -0.2) is 4.68 Å². The number of nitrogens with zero attached hydrogens (tertiary/aromatic N) is 3. The van der Waals surface area contributed by atoms with Gasteiger partial charge in [0, 0.05) is 11.4 Å². The number of aryl methyl sites for hydroxylation is 2. The Morgan fingerprint density at radius 2 is 1.50 bits per heavy atom. The van der Waals surface area contributed by atoms with E-state index >= 15 is 0 Å². The van der Waals surface area contributed by atoms with Crippen molar-refractivity contribution >= 4 is 0 Å². The molecule has 0 atom stereocenters. The van der Waals surface area contributed by atoms with Crippen molar-refractivity contribution in [1.29, 1.82) is 0 Å². The van der Waals surface area contributed by atoms with E-state index in [-0.39, 0.29) is 11.1 Å². The fourth-order valence-electron chi connectivity index (χ4n) is 3.32. The first kappa shape index (κ1) is 17.6. The lowest BCUT2D eigenvalue weighted by atomic mass is 9.89. The van der Waals surface area contributed by atoms with Crippen molar-refractivity contribution < 1.29 is 4.74 Å². The molecule has 0 aliphatic carbocycles. The Hall–Kier alpha value is -3.82. The van der Waals surface area contributed by atoms with Gasteiger partial charge < -0.3 is 14.9 Å². The quantitative estimate of drug-likeness (QED) is 0.410. The molecule has 0 aliphatic rings. The maximum Gasteiger partial charge on any atom is 0.268 e. The molecule has 10 heteroatoms. The normalized spacial score (nSPS) is 11.3. The summed E-state index contributed by atoms with van der Waals surface area (Å²) in [5.74, 6) is 0.0583. The topological polar surface area (TPSA) is 137 Å². The van der Waals surface area contributed by atoms with E-state index in [2.05, 4.69) is 30.7 Å². The number of H-pyrrole nitrogens is 4. The summed E-state index contributed by atoms with van der Waals surface area (Å²) in [7, 11) is 1.60. The van der Waals surface area contributed by atoms with Crippen LogP contribution in [0, 0.1) is 13.8 Å². The van der Waals surface area contributed by atoms with Crippen molar-refractivity contribution in [2.45, 2.75) is 19.8 Å².